The molecule has 5 nitrogen and oxygen atoms in total. The van der Waals surface area contributed by atoms with Crippen LogP contribution < -0.4 is 0 Å². The highest BCUT2D eigenvalue weighted by Gasteiger charge is 2.35. The molecule has 0 radical (unpaired) electrons. The van der Waals surface area contributed by atoms with Crippen molar-refractivity contribution in [1.29, 1.82) is 0 Å². The van der Waals surface area contributed by atoms with Crippen LogP contribution in [0.5, 0.6) is 0 Å². The Bertz CT molecular complexity index is 587. The van der Waals surface area contributed by atoms with Gasteiger partial charge in [0.25, 0.3) is 0 Å². The summed E-state index contributed by atoms with van der Waals surface area (Å²) in [6.45, 7) is 2.06. The Balaban J connectivity index is 1.95. The van der Waals surface area contributed by atoms with E-state index in [2.05, 4.69) is 0 Å². The van der Waals surface area contributed by atoms with Crippen molar-refractivity contribution in [3.8, 4) is 0 Å². The van der Waals surface area contributed by atoms with Crippen molar-refractivity contribution in [3.63, 3.8) is 0 Å². The molecule has 1 amide bonds. The number of nitrogens with zero attached hydrogens (tertiary/aromatic N) is 1. The maximum atomic E-state index is 13.5. The van der Waals surface area contributed by atoms with Crippen LogP contribution in [0.3, 0.4) is 0 Å². The van der Waals surface area contributed by atoms with Gasteiger partial charge in [0, 0.05) is 6.54 Å². The molecular formula is C16H18FNO4. The Kier molecular flexibility index (Phi) is 5.25. The number of hydrogen-bond donors (Lipinski definition) is 0. The first-order chi connectivity index (χ1) is 10.5. The molecule has 0 aromatic heterocycles. The van der Waals surface area contributed by atoms with Crippen LogP contribution in [0, 0.1) is 11.7 Å². The van der Waals surface area contributed by atoms with E-state index in [0.717, 1.165) is 0 Å². The summed E-state index contributed by atoms with van der Waals surface area (Å²) in [5.41, 5.74) is 0.299. The van der Waals surface area contributed by atoms with E-state index in [0.29, 0.717) is 12.1 Å². The van der Waals surface area contributed by atoms with Crippen molar-refractivity contribution in [2.45, 2.75) is 19.8 Å². The molecule has 1 aliphatic heterocycles. The lowest BCUT2D eigenvalue weighted by Crippen LogP contribution is -2.47. The minimum absolute atomic E-state index is 0.0932. The Labute approximate surface area is 128 Å². The minimum atomic E-state index is -0.794. The number of halogens is 1. The Hall–Kier alpha value is -2.24. The van der Waals surface area contributed by atoms with Crippen molar-refractivity contribution in [3.05, 3.63) is 35.6 Å². The number of hydrogen-bond acceptors (Lipinski definition) is 4. The van der Waals surface area contributed by atoms with Gasteiger partial charge in [-0.15, -0.1) is 0 Å². The minimum Gasteiger partial charge on any atom is -0.465 e. The summed E-state index contributed by atoms with van der Waals surface area (Å²) in [7, 11) is 0. The number of likely N-dealkylation sites (tertiary alicyclic amines) is 1. The summed E-state index contributed by atoms with van der Waals surface area (Å²) in [4.78, 5) is 37.1. The van der Waals surface area contributed by atoms with E-state index in [-0.39, 0.29) is 37.7 Å². The first kappa shape index (κ1) is 16.1. The van der Waals surface area contributed by atoms with E-state index in [1.165, 1.54) is 11.0 Å². The van der Waals surface area contributed by atoms with Crippen LogP contribution >= 0.6 is 0 Å². The van der Waals surface area contributed by atoms with E-state index in [4.69, 9.17) is 4.74 Å². The zero-order valence-electron chi connectivity index (χ0n) is 12.4. The van der Waals surface area contributed by atoms with Crippen molar-refractivity contribution < 1.29 is 23.5 Å². The normalized spacial score (nSPS) is 18.2. The molecule has 22 heavy (non-hydrogen) atoms. The van der Waals surface area contributed by atoms with Gasteiger partial charge in [-0.25, -0.2) is 4.39 Å². The molecule has 0 N–H and O–H groups in total. The second-order valence-electron chi connectivity index (χ2n) is 5.14. The zero-order chi connectivity index (χ0) is 16.1. The average molecular weight is 307 g/mol. The Morgan fingerprint density at radius 1 is 1.36 bits per heavy atom. The van der Waals surface area contributed by atoms with Gasteiger partial charge >= 0.3 is 5.97 Å². The fourth-order valence-corrected chi connectivity index (χ4v) is 2.44. The summed E-state index contributed by atoms with van der Waals surface area (Å²) in [6, 6.07) is 6.04. The third-order valence-corrected chi connectivity index (χ3v) is 3.65. The standard InChI is InChI=1S/C16H18FNO4/c1-2-22-16(21)12-7-8-18(10-14(12)19)15(20)9-11-5-3-4-6-13(11)17/h3-6,12H,2,7-10H2,1H3. The van der Waals surface area contributed by atoms with Crippen molar-refractivity contribution in [2.75, 3.05) is 19.7 Å². The lowest BCUT2D eigenvalue weighted by atomic mass is 9.95. The fourth-order valence-electron chi connectivity index (χ4n) is 2.44. The number of esters is 1. The number of ether oxygens (including phenoxy) is 1. The molecule has 1 aromatic carbocycles. The number of carbonyl (C=O) groups excluding carboxylic acids is 3. The number of carbonyl (C=O) groups is 3. The molecule has 1 aliphatic rings. The average Bonchev–Trinajstić information content (AvgIpc) is 2.49. The van der Waals surface area contributed by atoms with Crippen LogP contribution in [0.4, 0.5) is 4.39 Å². The molecular weight excluding hydrogens is 289 g/mol. The first-order valence-electron chi connectivity index (χ1n) is 7.23. The Morgan fingerprint density at radius 2 is 2.09 bits per heavy atom. The predicted octanol–water partition coefficient (Wildman–Crippen LogP) is 1.35. The van der Waals surface area contributed by atoms with E-state index in [1.807, 2.05) is 0 Å². The van der Waals surface area contributed by atoms with Crippen LogP contribution in [-0.4, -0.2) is 42.3 Å². The van der Waals surface area contributed by atoms with Gasteiger partial charge in [-0.1, -0.05) is 18.2 Å². The molecule has 1 fully saturated rings. The highest BCUT2D eigenvalue weighted by Crippen LogP contribution is 2.17. The quantitative estimate of drug-likeness (QED) is 0.622. The van der Waals surface area contributed by atoms with E-state index < -0.39 is 17.7 Å². The molecule has 118 valence electrons. The van der Waals surface area contributed by atoms with Gasteiger partial charge in [0.1, 0.15) is 11.7 Å². The summed E-state index contributed by atoms with van der Waals surface area (Å²) in [5.74, 6) is -2.41. The largest absolute Gasteiger partial charge is 0.465 e. The number of Topliss-reactive ketones (excluding diaryl/α,β-unsaturated/α-hetero) is 1. The maximum Gasteiger partial charge on any atom is 0.316 e. The number of rotatable bonds is 4. The van der Waals surface area contributed by atoms with Gasteiger partial charge in [0.2, 0.25) is 5.91 Å². The van der Waals surface area contributed by atoms with E-state index in [9.17, 15) is 18.8 Å². The van der Waals surface area contributed by atoms with E-state index >= 15 is 0 Å². The summed E-state index contributed by atoms with van der Waals surface area (Å²) >= 11 is 0. The second-order valence-corrected chi connectivity index (χ2v) is 5.14. The number of amides is 1. The van der Waals surface area contributed by atoms with Gasteiger partial charge < -0.3 is 9.64 Å². The van der Waals surface area contributed by atoms with E-state index in [1.54, 1.807) is 25.1 Å². The van der Waals surface area contributed by atoms with Crippen molar-refractivity contribution in [2.24, 2.45) is 5.92 Å². The molecule has 0 saturated carbocycles. The zero-order valence-corrected chi connectivity index (χ0v) is 12.4. The third kappa shape index (κ3) is 3.69. The monoisotopic (exact) mass is 307 g/mol. The first-order valence-corrected chi connectivity index (χ1v) is 7.23. The summed E-state index contributed by atoms with van der Waals surface area (Å²) in [6.07, 6.45) is 0.157. The SMILES string of the molecule is CCOC(=O)C1CCN(C(=O)Cc2ccccc2F)CC1=O. The summed E-state index contributed by atoms with van der Waals surface area (Å²) < 4.78 is 18.4. The second kappa shape index (κ2) is 7.15. The van der Waals surface area contributed by atoms with Gasteiger partial charge in [0.05, 0.1) is 19.6 Å². The molecule has 1 heterocycles. The summed E-state index contributed by atoms with van der Waals surface area (Å²) in [5, 5.41) is 0. The smallest absolute Gasteiger partial charge is 0.316 e. The van der Waals surface area contributed by atoms with Crippen LogP contribution in [0.15, 0.2) is 24.3 Å². The van der Waals surface area contributed by atoms with Crippen LogP contribution in [-0.2, 0) is 25.5 Å². The highest BCUT2D eigenvalue weighted by atomic mass is 19.1. The molecule has 0 bridgehead atoms. The highest BCUT2D eigenvalue weighted by molar-refractivity contribution is 6.02. The fraction of sp³-hybridized carbons (Fsp3) is 0.438. The topological polar surface area (TPSA) is 63.7 Å². The lowest BCUT2D eigenvalue weighted by Gasteiger charge is -2.29. The number of piperidine rings is 1. The molecule has 1 aromatic rings. The van der Waals surface area contributed by atoms with Crippen LogP contribution in [0.2, 0.25) is 0 Å². The van der Waals surface area contributed by atoms with Gasteiger partial charge in [-0.2, -0.15) is 0 Å². The van der Waals surface area contributed by atoms with Crippen molar-refractivity contribution >= 4 is 17.7 Å². The van der Waals surface area contributed by atoms with Gasteiger partial charge in [-0.05, 0) is 25.0 Å². The van der Waals surface area contributed by atoms with Crippen LogP contribution in [0.25, 0.3) is 0 Å². The van der Waals surface area contributed by atoms with Crippen LogP contribution in [0.1, 0.15) is 18.9 Å². The molecule has 6 heteroatoms. The molecule has 1 atom stereocenters. The number of benzene rings is 1. The van der Waals surface area contributed by atoms with Gasteiger partial charge in [-0.3, -0.25) is 14.4 Å². The lowest BCUT2D eigenvalue weighted by molar-refractivity contribution is -0.155. The number of ketones is 1. The molecule has 1 saturated heterocycles. The maximum absolute atomic E-state index is 13.5. The van der Waals surface area contributed by atoms with Crippen molar-refractivity contribution in [1.82, 2.24) is 4.90 Å². The molecule has 2 rings (SSSR count). The predicted molar refractivity (Wildman–Crippen MR) is 76.4 cm³/mol. The Morgan fingerprint density at radius 3 is 2.73 bits per heavy atom. The van der Waals surface area contributed by atoms with Gasteiger partial charge in [0.15, 0.2) is 5.78 Å². The third-order valence-electron chi connectivity index (χ3n) is 3.65. The molecule has 0 aliphatic carbocycles. The molecule has 1 unspecified atom stereocenters. The molecule has 0 spiro atoms.